The van der Waals surface area contributed by atoms with Crippen molar-refractivity contribution in [2.45, 2.75) is 24.3 Å². The highest BCUT2D eigenvalue weighted by atomic mass is 35.5. The Morgan fingerprint density at radius 3 is 2.71 bits per heavy atom. The monoisotopic (exact) mass is 335 g/mol. The predicted molar refractivity (Wildman–Crippen MR) is 81.2 cm³/mol. The Hall–Kier alpha value is -1.22. The smallest absolute Gasteiger partial charge is 0.289 e. The number of nitro benzene ring substituents is 1. The molecule has 1 saturated heterocycles. The summed E-state index contributed by atoms with van der Waals surface area (Å²) in [5.74, 6) is 0. The van der Waals surface area contributed by atoms with Gasteiger partial charge in [-0.15, -0.1) is 12.4 Å². The Kier molecular flexibility index (Phi) is 6.09. The van der Waals surface area contributed by atoms with E-state index >= 15 is 0 Å². The van der Waals surface area contributed by atoms with Crippen molar-refractivity contribution in [2.24, 2.45) is 0 Å². The standard InChI is InChI=1S/C12H17N3O4S.ClH/c1-10-9-13-7-4-8-14(10)20(18,19)12-6-3-2-5-11(12)15(16)17;/h2-3,5-6,10,13H,4,7-9H2,1H3;1H/t10-;/m0./s1. The lowest BCUT2D eigenvalue weighted by atomic mass is 10.3. The van der Waals surface area contributed by atoms with Gasteiger partial charge in [-0.3, -0.25) is 10.1 Å². The minimum absolute atomic E-state index is 0. The molecular formula is C12H18ClN3O4S. The molecule has 1 aliphatic heterocycles. The number of nitro groups is 1. The van der Waals surface area contributed by atoms with Crippen LogP contribution in [0, 0.1) is 10.1 Å². The first kappa shape index (κ1) is 17.8. The first-order valence-corrected chi connectivity index (χ1v) is 7.84. The minimum Gasteiger partial charge on any atom is -0.315 e. The van der Waals surface area contributed by atoms with Gasteiger partial charge in [0.25, 0.3) is 5.69 Å². The van der Waals surface area contributed by atoms with E-state index in [4.69, 9.17) is 0 Å². The topological polar surface area (TPSA) is 92.6 Å². The molecule has 0 amide bonds. The third kappa shape index (κ3) is 3.70. The molecule has 1 aliphatic rings. The molecule has 0 spiro atoms. The maximum Gasteiger partial charge on any atom is 0.289 e. The highest BCUT2D eigenvalue weighted by molar-refractivity contribution is 7.89. The van der Waals surface area contributed by atoms with E-state index < -0.39 is 14.9 Å². The summed E-state index contributed by atoms with van der Waals surface area (Å²) in [6.45, 7) is 3.44. The molecule has 9 heteroatoms. The van der Waals surface area contributed by atoms with Crippen LogP contribution < -0.4 is 5.32 Å². The van der Waals surface area contributed by atoms with Crippen LogP contribution in [0.2, 0.25) is 0 Å². The summed E-state index contributed by atoms with van der Waals surface area (Å²) in [5.41, 5.74) is -0.378. The van der Waals surface area contributed by atoms with E-state index in [-0.39, 0.29) is 29.0 Å². The van der Waals surface area contributed by atoms with Gasteiger partial charge in [0.15, 0.2) is 4.90 Å². The first-order chi connectivity index (χ1) is 9.44. The Labute approximate surface area is 129 Å². The van der Waals surface area contributed by atoms with E-state index in [9.17, 15) is 18.5 Å². The van der Waals surface area contributed by atoms with Crippen LogP contribution in [0.25, 0.3) is 0 Å². The summed E-state index contributed by atoms with van der Waals surface area (Å²) in [4.78, 5) is 10.1. The lowest BCUT2D eigenvalue weighted by molar-refractivity contribution is -0.387. The highest BCUT2D eigenvalue weighted by Crippen LogP contribution is 2.27. The van der Waals surface area contributed by atoms with Crippen molar-refractivity contribution >= 4 is 28.1 Å². The van der Waals surface area contributed by atoms with Gasteiger partial charge in [0.1, 0.15) is 0 Å². The van der Waals surface area contributed by atoms with Crippen molar-refractivity contribution in [1.29, 1.82) is 0 Å². The summed E-state index contributed by atoms with van der Waals surface area (Å²) in [7, 11) is -3.86. The molecule has 0 aromatic heterocycles. The van der Waals surface area contributed by atoms with Crippen molar-refractivity contribution < 1.29 is 13.3 Å². The van der Waals surface area contributed by atoms with E-state index in [0.29, 0.717) is 19.5 Å². The van der Waals surface area contributed by atoms with Crippen LogP contribution in [0.15, 0.2) is 29.2 Å². The van der Waals surface area contributed by atoms with Crippen molar-refractivity contribution in [3.05, 3.63) is 34.4 Å². The lowest BCUT2D eigenvalue weighted by Crippen LogP contribution is -2.41. The second kappa shape index (κ2) is 7.17. The molecule has 118 valence electrons. The normalized spacial score (nSPS) is 20.3. The lowest BCUT2D eigenvalue weighted by Gasteiger charge is -2.25. The van der Waals surface area contributed by atoms with E-state index in [1.807, 2.05) is 0 Å². The molecule has 1 aromatic carbocycles. The van der Waals surface area contributed by atoms with Gasteiger partial charge in [0.2, 0.25) is 10.0 Å². The molecule has 0 saturated carbocycles. The summed E-state index contributed by atoms with van der Waals surface area (Å²) in [6, 6.07) is 5.24. The van der Waals surface area contributed by atoms with Gasteiger partial charge >= 0.3 is 0 Å². The van der Waals surface area contributed by atoms with E-state index in [0.717, 1.165) is 6.54 Å². The third-order valence-electron chi connectivity index (χ3n) is 3.31. The quantitative estimate of drug-likeness (QED) is 0.665. The van der Waals surface area contributed by atoms with Crippen molar-refractivity contribution in [1.82, 2.24) is 9.62 Å². The number of para-hydroxylation sites is 1. The van der Waals surface area contributed by atoms with Crippen molar-refractivity contribution in [3.8, 4) is 0 Å². The van der Waals surface area contributed by atoms with E-state index in [1.165, 1.54) is 28.6 Å². The summed E-state index contributed by atoms with van der Waals surface area (Å²) >= 11 is 0. The Bertz CT molecular complexity index is 608. The Morgan fingerprint density at radius 1 is 1.38 bits per heavy atom. The van der Waals surface area contributed by atoms with Crippen LogP contribution >= 0.6 is 12.4 Å². The zero-order valence-electron chi connectivity index (χ0n) is 11.6. The third-order valence-corrected chi connectivity index (χ3v) is 5.37. The second-order valence-corrected chi connectivity index (χ2v) is 6.61. The first-order valence-electron chi connectivity index (χ1n) is 6.40. The van der Waals surface area contributed by atoms with Crippen LogP contribution in [0.4, 0.5) is 5.69 Å². The van der Waals surface area contributed by atoms with Crippen LogP contribution in [0.1, 0.15) is 13.3 Å². The maximum atomic E-state index is 12.7. The largest absolute Gasteiger partial charge is 0.315 e. The number of sulfonamides is 1. The molecule has 1 aromatic rings. The van der Waals surface area contributed by atoms with Gasteiger partial charge in [-0.05, 0) is 26.0 Å². The molecule has 0 bridgehead atoms. The molecule has 7 nitrogen and oxygen atoms in total. The van der Waals surface area contributed by atoms with E-state index in [2.05, 4.69) is 5.32 Å². The molecule has 21 heavy (non-hydrogen) atoms. The Morgan fingerprint density at radius 2 is 2.05 bits per heavy atom. The molecule has 1 heterocycles. The van der Waals surface area contributed by atoms with Crippen molar-refractivity contribution in [3.63, 3.8) is 0 Å². The minimum atomic E-state index is -3.86. The molecule has 0 unspecified atom stereocenters. The molecule has 0 aliphatic carbocycles. The fourth-order valence-electron chi connectivity index (χ4n) is 2.30. The van der Waals surface area contributed by atoms with Gasteiger partial charge < -0.3 is 5.32 Å². The highest BCUT2D eigenvalue weighted by Gasteiger charge is 2.34. The summed E-state index contributed by atoms with van der Waals surface area (Å²) < 4.78 is 26.7. The second-order valence-electron chi connectivity index (χ2n) is 4.75. The molecule has 2 rings (SSSR count). The molecule has 0 radical (unpaired) electrons. The number of nitrogens with one attached hydrogen (secondary N) is 1. The zero-order valence-corrected chi connectivity index (χ0v) is 13.2. The molecule has 1 N–H and O–H groups in total. The number of hydrogen-bond donors (Lipinski definition) is 1. The van der Waals surface area contributed by atoms with E-state index in [1.54, 1.807) is 6.92 Å². The Balaban J connectivity index is 0.00000220. The van der Waals surface area contributed by atoms with Crippen molar-refractivity contribution in [2.75, 3.05) is 19.6 Å². The number of halogens is 1. The number of benzene rings is 1. The predicted octanol–water partition coefficient (Wildman–Crippen LogP) is 1.39. The van der Waals surface area contributed by atoms with Gasteiger partial charge in [0, 0.05) is 25.2 Å². The molecule has 1 fully saturated rings. The average molecular weight is 336 g/mol. The van der Waals surface area contributed by atoms with Gasteiger partial charge in [0.05, 0.1) is 4.92 Å². The number of hydrogen-bond acceptors (Lipinski definition) is 5. The zero-order chi connectivity index (χ0) is 14.8. The van der Waals surface area contributed by atoms with Crippen LogP contribution in [0.3, 0.4) is 0 Å². The van der Waals surface area contributed by atoms with Gasteiger partial charge in [-0.1, -0.05) is 12.1 Å². The SMILES string of the molecule is C[C@H]1CNCCCN1S(=O)(=O)c1ccccc1[N+](=O)[O-].Cl. The summed E-state index contributed by atoms with van der Waals surface area (Å²) in [6.07, 6.45) is 0.685. The maximum absolute atomic E-state index is 12.7. The van der Waals surface area contributed by atoms with Gasteiger partial charge in [-0.25, -0.2) is 8.42 Å². The average Bonchev–Trinajstić information content (AvgIpc) is 2.63. The molecule has 1 atom stereocenters. The van der Waals surface area contributed by atoms with Crippen LogP contribution in [-0.2, 0) is 10.0 Å². The van der Waals surface area contributed by atoms with Gasteiger partial charge in [-0.2, -0.15) is 4.31 Å². The summed E-state index contributed by atoms with van der Waals surface area (Å²) in [5, 5.41) is 14.2. The fourth-order valence-corrected chi connectivity index (χ4v) is 4.13. The van der Waals surface area contributed by atoms with Crippen LogP contribution in [0.5, 0.6) is 0 Å². The number of rotatable bonds is 3. The molecular weight excluding hydrogens is 318 g/mol. The fraction of sp³-hybridized carbons (Fsp3) is 0.500. The van der Waals surface area contributed by atoms with Crippen LogP contribution in [-0.4, -0.2) is 43.3 Å². The number of nitrogens with zero attached hydrogens (tertiary/aromatic N) is 2.